The van der Waals surface area contributed by atoms with E-state index in [1.165, 1.54) is 13.2 Å². The summed E-state index contributed by atoms with van der Waals surface area (Å²) < 4.78 is 12.0. The number of aliphatic hydroxyl groups is 1. The van der Waals surface area contributed by atoms with Crippen LogP contribution < -0.4 is 9.47 Å². The van der Waals surface area contributed by atoms with Gasteiger partial charge in [0.15, 0.2) is 5.78 Å². The van der Waals surface area contributed by atoms with Gasteiger partial charge < -0.3 is 19.7 Å². The molecule has 0 spiro atoms. The van der Waals surface area contributed by atoms with Crippen molar-refractivity contribution in [1.82, 2.24) is 0 Å². The highest BCUT2D eigenvalue weighted by Crippen LogP contribution is 2.49. The first-order valence-electron chi connectivity index (χ1n) is 13.7. The molecule has 5 heteroatoms. The summed E-state index contributed by atoms with van der Waals surface area (Å²) >= 11 is 0. The van der Waals surface area contributed by atoms with E-state index >= 15 is 0 Å². The van der Waals surface area contributed by atoms with Gasteiger partial charge in [-0.05, 0) is 36.0 Å². The number of allylic oxidation sites excluding steroid dienone is 1. The fourth-order valence-corrected chi connectivity index (χ4v) is 5.32. The number of benzene rings is 4. The summed E-state index contributed by atoms with van der Waals surface area (Å²) in [7, 11) is 1.48. The lowest BCUT2D eigenvalue weighted by molar-refractivity contribution is 0.0840. The summed E-state index contributed by atoms with van der Waals surface area (Å²) in [5, 5.41) is 22.5. The number of carbonyl (C=O) groups excluding carboxylic acids is 1. The zero-order valence-electron chi connectivity index (χ0n) is 22.6. The quantitative estimate of drug-likeness (QED) is 0.223. The Balaban J connectivity index is 1.53. The van der Waals surface area contributed by atoms with Gasteiger partial charge in [-0.25, -0.2) is 0 Å². The number of aryl methyl sites for hydroxylation is 1. The molecule has 0 aromatic heterocycles. The van der Waals surface area contributed by atoms with E-state index < -0.39 is 18.1 Å². The molecule has 0 bridgehead atoms. The van der Waals surface area contributed by atoms with Gasteiger partial charge in [0, 0.05) is 17.5 Å². The van der Waals surface area contributed by atoms with Crippen LogP contribution >= 0.6 is 0 Å². The fraction of sp³-hybridized carbons (Fsp3) is 0.229. The lowest BCUT2D eigenvalue weighted by Gasteiger charge is -2.31. The van der Waals surface area contributed by atoms with Gasteiger partial charge in [-0.2, -0.15) is 0 Å². The summed E-state index contributed by atoms with van der Waals surface area (Å²) in [4.78, 5) is 13.5. The summed E-state index contributed by atoms with van der Waals surface area (Å²) in [6.07, 6.45) is 4.62. The zero-order valence-corrected chi connectivity index (χ0v) is 22.6. The van der Waals surface area contributed by atoms with Crippen LogP contribution in [-0.4, -0.2) is 29.2 Å². The third-order valence-corrected chi connectivity index (χ3v) is 7.39. The van der Waals surface area contributed by atoms with Gasteiger partial charge >= 0.3 is 0 Å². The van der Waals surface area contributed by atoms with E-state index in [-0.39, 0.29) is 23.7 Å². The zero-order chi connectivity index (χ0) is 27.9. The third-order valence-electron chi connectivity index (χ3n) is 7.39. The third kappa shape index (κ3) is 6.27. The molecule has 2 N–H and O–H groups in total. The molecule has 0 fully saturated rings. The minimum atomic E-state index is -0.646. The molecule has 4 aromatic rings. The van der Waals surface area contributed by atoms with Crippen molar-refractivity contribution in [2.24, 2.45) is 0 Å². The number of phenols is 1. The number of Topliss-reactive ketones (excluding diaryl/α,β-unsaturated/α-hetero) is 1. The molecule has 0 unspecified atom stereocenters. The van der Waals surface area contributed by atoms with Gasteiger partial charge in [0.05, 0.1) is 19.6 Å². The number of aromatic hydroxyl groups is 1. The van der Waals surface area contributed by atoms with Gasteiger partial charge in [0.25, 0.3) is 0 Å². The highest BCUT2D eigenvalue weighted by atomic mass is 16.5. The number of rotatable bonds is 10. The van der Waals surface area contributed by atoms with Crippen LogP contribution in [0.2, 0.25) is 0 Å². The number of ketones is 1. The van der Waals surface area contributed by atoms with E-state index in [1.54, 1.807) is 0 Å². The Bertz CT molecular complexity index is 1450. The van der Waals surface area contributed by atoms with Crippen molar-refractivity contribution in [2.45, 2.75) is 43.8 Å². The van der Waals surface area contributed by atoms with Gasteiger partial charge in [0.2, 0.25) is 0 Å². The van der Waals surface area contributed by atoms with Crippen molar-refractivity contribution >= 4 is 11.9 Å². The minimum absolute atomic E-state index is 0.0323. The summed E-state index contributed by atoms with van der Waals surface area (Å²) in [5.74, 6) is 0.0368. The molecule has 0 amide bonds. The average molecular weight is 535 g/mol. The number of aliphatic hydroxyl groups excluding tert-OH is 1. The van der Waals surface area contributed by atoms with Gasteiger partial charge in [-0.1, -0.05) is 103 Å². The number of hydrogen-bond acceptors (Lipinski definition) is 5. The Morgan fingerprint density at radius 1 is 0.975 bits per heavy atom. The Kier molecular flexibility index (Phi) is 8.62. The van der Waals surface area contributed by atoms with Gasteiger partial charge in [-0.15, -0.1) is 0 Å². The molecule has 0 radical (unpaired) electrons. The molecule has 0 aliphatic carbocycles. The largest absolute Gasteiger partial charge is 0.507 e. The molecule has 3 atom stereocenters. The Labute approximate surface area is 235 Å². The smallest absolute Gasteiger partial charge is 0.174 e. The number of carbonyl (C=O) groups is 1. The van der Waals surface area contributed by atoms with E-state index in [2.05, 4.69) is 0 Å². The van der Waals surface area contributed by atoms with Crippen molar-refractivity contribution < 1.29 is 24.5 Å². The van der Waals surface area contributed by atoms with Crippen LogP contribution in [0.25, 0.3) is 6.08 Å². The highest BCUT2D eigenvalue weighted by Gasteiger charge is 2.36. The predicted octanol–water partition coefficient (Wildman–Crippen LogP) is 7.29. The van der Waals surface area contributed by atoms with Gasteiger partial charge in [0.1, 0.15) is 28.9 Å². The van der Waals surface area contributed by atoms with Crippen molar-refractivity contribution in [1.29, 1.82) is 0 Å². The minimum Gasteiger partial charge on any atom is -0.507 e. The summed E-state index contributed by atoms with van der Waals surface area (Å²) in [6, 6.07) is 31.0. The lowest BCUT2D eigenvalue weighted by atomic mass is 9.85. The van der Waals surface area contributed by atoms with Crippen molar-refractivity contribution in [3.63, 3.8) is 0 Å². The fourth-order valence-electron chi connectivity index (χ4n) is 5.32. The molecule has 1 aliphatic rings. The second kappa shape index (κ2) is 12.7. The van der Waals surface area contributed by atoms with Crippen molar-refractivity contribution in [3.8, 4) is 17.2 Å². The SMILES string of the molecule is COc1cc(O)c([C@@H](/C=C/c2ccccc2)C[C@@H](O)CCc2ccccc2)c2c1C(=O)C[C@H](c1ccccc1)O2. The van der Waals surface area contributed by atoms with Crippen LogP contribution in [0.1, 0.15) is 63.9 Å². The Morgan fingerprint density at radius 3 is 2.30 bits per heavy atom. The van der Waals surface area contributed by atoms with E-state index in [9.17, 15) is 15.0 Å². The van der Waals surface area contributed by atoms with E-state index in [1.807, 2.05) is 103 Å². The highest BCUT2D eigenvalue weighted by molar-refractivity contribution is 6.03. The molecular formula is C35H34O5. The number of hydrogen-bond donors (Lipinski definition) is 2. The second-order valence-electron chi connectivity index (χ2n) is 10.2. The maximum atomic E-state index is 13.5. The van der Waals surface area contributed by atoms with Gasteiger partial charge in [-0.3, -0.25) is 4.79 Å². The maximum absolute atomic E-state index is 13.5. The first kappa shape index (κ1) is 27.2. The standard InChI is InChI=1S/C35H34O5/c1-39-32-23-29(37)33(35-34(32)30(38)22-31(40-35)26-15-9-4-10-16-26)27(19-17-24-11-5-2-6-12-24)21-28(36)20-18-25-13-7-3-8-14-25/h2-17,19,23,27-28,31,36-37H,18,20-22H2,1H3/b19-17+/t27-,28-,31+/m0/s1. The number of methoxy groups -OCH3 is 1. The summed E-state index contributed by atoms with van der Waals surface area (Å²) in [5.41, 5.74) is 3.85. The van der Waals surface area contributed by atoms with Crippen molar-refractivity contribution in [2.75, 3.05) is 7.11 Å². The molecule has 5 nitrogen and oxygen atoms in total. The van der Waals surface area contributed by atoms with E-state index in [4.69, 9.17) is 9.47 Å². The van der Waals surface area contributed by atoms with Crippen molar-refractivity contribution in [3.05, 3.63) is 131 Å². The molecule has 1 aliphatic heterocycles. The van der Waals surface area contributed by atoms with Crippen LogP contribution in [-0.2, 0) is 6.42 Å². The molecule has 1 heterocycles. The van der Waals surface area contributed by atoms with Crippen LogP contribution in [0.4, 0.5) is 0 Å². The summed E-state index contributed by atoms with van der Waals surface area (Å²) in [6.45, 7) is 0. The van der Waals surface area contributed by atoms with E-state index in [0.717, 1.165) is 23.1 Å². The molecule has 5 rings (SSSR count). The molecule has 0 saturated heterocycles. The predicted molar refractivity (Wildman–Crippen MR) is 157 cm³/mol. The van der Waals surface area contributed by atoms with E-state index in [0.29, 0.717) is 29.7 Å². The number of ether oxygens (including phenoxy) is 2. The second-order valence-corrected chi connectivity index (χ2v) is 10.2. The Hall–Kier alpha value is -4.35. The maximum Gasteiger partial charge on any atom is 0.174 e. The number of phenolic OH excluding ortho intramolecular Hbond substituents is 1. The first-order valence-corrected chi connectivity index (χ1v) is 13.7. The molecule has 0 saturated carbocycles. The molecule has 4 aromatic carbocycles. The topological polar surface area (TPSA) is 76.0 Å². The monoisotopic (exact) mass is 534 g/mol. The first-order chi connectivity index (χ1) is 19.5. The normalized spacial score (nSPS) is 16.2. The van der Waals surface area contributed by atoms with Crippen LogP contribution in [0.5, 0.6) is 17.2 Å². The Morgan fingerprint density at radius 2 is 1.62 bits per heavy atom. The molecule has 40 heavy (non-hydrogen) atoms. The van der Waals surface area contributed by atoms with Crippen LogP contribution in [0, 0.1) is 0 Å². The van der Waals surface area contributed by atoms with Crippen LogP contribution in [0.15, 0.2) is 103 Å². The molecular weight excluding hydrogens is 500 g/mol. The average Bonchev–Trinajstić information content (AvgIpc) is 2.99. The van der Waals surface area contributed by atoms with Crippen LogP contribution in [0.3, 0.4) is 0 Å². The molecule has 204 valence electrons. The lowest BCUT2D eigenvalue weighted by Crippen LogP contribution is -2.23. The number of fused-ring (bicyclic) bond motifs is 1.